The highest BCUT2D eigenvalue weighted by molar-refractivity contribution is 7.10. The molecule has 9 heteroatoms. The normalized spacial score (nSPS) is 11.5. The van der Waals surface area contributed by atoms with Gasteiger partial charge in [0.2, 0.25) is 0 Å². The number of nitrogens with one attached hydrogen (secondary N) is 1. The summed E-state index contributed by atoms with van der Waals surface area (Å²) in [7, 11) is -4.94. The van der Waals surface area contributed by atoms with Crippen LogP contribution in [0.3, 0.4) is 0 Å². The molecular weight excluding hydrogens is 346 g/mol. The molecule has 1 aromatic carbocycles. The summed E-state index contributed by atoms with van der Waals surface area (Å²) < 4.78 is 39.6. The monoisotopic (exact) mass is 355 g/mol. The van der Waals surface area contributed by atoms with Gasteiger partial charge >= 0.3 is 11.4 Å². The van der Waals surface area contributed by atoms with E-state index in [1.54, 1.807) is 29.5 Å². The SMILES string of the molecule is O=c1[nH+]c(C=Cc2cccs2)oc2ccccc12.[O-][Cl+3]([O-])([O-])[O-]. The Kier molecular flexibility index (Phi) is 5.61. The summed E-state index contributed by atoms with van der Waals surface area (Å²) >= 11 is 1.63. The summed E-state index contributed by atoms with van der Waals surface area (Å²) in [6, 6.07) is 11.2. The van der Waals surface area contributed by atoms with Gasteiger partial charge in [0.1, 0.15) is 5.39 Å². The molecule has 7 nitrogen and oxygen atoms in total. The lowest BCUT2D eigenvalue weighted by atomic mass is 10.2. The van der Waals surface area contributed by atoms with Crippen LogP contribution in [0.1, 0.15) is 10.8 Å². The number of benzene rings is 1. The number of rotatable bonds is 2. The van der Waals surface area contributed by atoms with Gasteiger partial charge in [-0.3, -0.25) is 0 Å². The van der Waals surface area contributed by atoms with Crippen LogP contribution in [-0.2, 0) is 0 Å². The van der Waals surface area contributed by atoms with Crippen LogP contribution >= 0.6 is 11.3 Å². The van der Waals surface area contributed by atoms with Gasteiger partial charge in [0.05, 0.1) is 6.08 Å². The van der Waals surface area contributed by atoms with E-state index in [0.717, 1.165) is 4.88 Å². The van der Waals surface area contributed by atoms with E-state index >= 15 is 0 Å². The predicted octanol–water partition coefficient (Wildman–Crippen LogP) is -1.92. The lowest BCUT2D eigenvalue weighted by molar-refractivity contribution is -2.00. The third-order valence-electron chi connectivity index (χ3n) is 2.53. The number of para-hydroxylation sites is 1. The number of aromatic amines is 1. The Morgan fingerprint density at radius 1 is 1.04 bits per heavy atom. The van der Waals surface area contributed by atoms with E-state index in [1.165, 1.54) is 0 Å². The molecule has 0 aliphatic carbocycles. The molecule has 0 saturated heterocycles. The first-order chi connectivity index (χ1) is 10.8. The molecular formula is C14H10ClNO6S. The average molecular weight is 356 g/mol. The number of hydrogen-bond donors (Lipinski definition) is 0. The number of fused-ring (bicyclic) bond motifs is 1. The van der Waals surface area contributed by atoms with Crippen molar-refractivity contribution in [1.29, 1.82) is 0 Å². The smallest absolute Gasteiger partial charge is 0.404 e. The minimum atomic E-state index is -4.94. The van der Waals surface area contributed by atoms with Gasteiger partial charge in [0, 0.05) is 4.88 Å². The molecule has 2 aromatic heterocycles. The Bertz CT molecular complexity index is 848. The molecule has 3 rings (SSSR count). The van der Waals surface area contributed by atoms with Gasteiger partial charge in [0.25, 0.3) is 0 Å². The molecule has 0 aliphatic heterocycles. The topological polar surface area (TPSA) is 137 Å². The molecule has 0 bridgehead atoms. The van der Waals surface area contributed by atoms with Gasteiger partial charge in [-0.15, -0.1) is 26.6 Å². The van der Waals surface area contributed by atoms with Crippen molar-refractivity contribution in [3.8, 4) is 0 Å². The fraction of sp³-hybridized carbons (Fsp3) is 0. The first-order valence-electron chi connectivity index (χ1n) is 6.11. The predicted molar refractivity (Wildman–Crippen MR) is 72.3 cm³/mol. The van der Waals surface area contributed by atoms with Gasteiger partial charge < -0.3 is 4.42 Å². The molecule has 2 heterocycles. The van der Waals surface area contributed by atoms with Crippen LogP contribution < -0.4 is 29.2 Å². The zero-order valence-corrected chi connectivity index (χ0v) is 13.0. The largest absolute Gasteiger partial charge is 0.424 e. The van der Waals surface area contributed by atoms with E-state index in [4.69, 9.17) is 23.1 Å². The highest BCUT2D eigenvalue weighted by Gasteiger charge is 2.09. The van der Waals surface area contributed by atoms with Crippen LogP contribution in [0.5, 0.6) is 0 Å². The van der Waals surface area contributed by atoms with Crippen LogP contribution in [0, 0.1) is 10.2 Å². The van der Waals surface area contributed by atoms with Crippen LogP contribution in [0.25, 0.3) is 23.1 Å². The van der Waals surface area contributed by atoms with Crippen LogP contribution in [0.4, 0.5) is 0 Å². The fourth-order valence-electron chi connectivity index (χ4n) is 1.69. The van der Waals surface area contributed by atoms with Gasteiger partial charge in [-0.1, -0.05) is 18.2 Å². The molecule has 0 atom stereocenters. The van der Waals surface area contributed by atoms with Crippen molar-refractivity contribution in [3.63, 3.8) is 0 Å². The van der Waals surface area contributed by atoms with Crippen molar-refractivity contribution in [3.05, 3.63) is 62.9 Å². The van der Waals surface area contributed by atoms with Gasteiger partial charge in [-0.2, -0.15) is 0 Å². The number of aromatic nitrogens is 1. The first kappa shape index (κ1) is 17.3. The summed E-state index contributed by atoms with van der Waals surface area (Å²) in [5.41, 5.74) is 0.453. The van der Waals surface area contributed by atoms with Crippen LogP contribution in [0.15, 0.2) is 51.0 Å². The second-order valence-electron chi connectivity index (χ2n) is 4.14. The van der Waals surface area contributed by atoms with Gasteiger partial charge in [-0.25, -0.2) is 23.4 Å². The number of hydrogen-bond acceptors (Lipinski definition) is 7. The summed E-state index contributed by atoms with van der Waals surface area (Å²) in [5.74, 6) is 0.451. The maximum atomic E-state index is 11.8. The second kappa shape index (κ2) is 7.47. The molecule has 120 valence electrons. The molecule has 0 spiro atoms. The number of H-pyrrole nitrogens is 1. The minimum Gasteiger partial charge on any atom is -0.404 e. The van der Waals surface area contributed by atoms with Gasteiger partial charge in [0.15, 0.2) is 5.58 Å². The van der Waals surface area contributed by atoms with Crippen molar-refractivity contribution in [2.75, 3.05) is 0 Å². The van der Waals surface area contributed by atoms with E-state index in [-0.39, 0.29) is 5.56 Å². The zero-order valence-electron chi connectivity index (χ0n) is 11.4. The molecule has 0 unspecified atom stereocenters. The van der Waals surface area contributed by atoms with Gasteiger partial charge in [-0.05, 0) is 29.7 Å². The van der Waals surface area contributed by atoms with Crippen molar-refractivity contribution < 1.29 is 38.3 Å². The maximum Gasteiger partial charge on any atom is 0.424 e. The number of halogens is 1. The molecule has 1 N–H and O–H groups in total. The molecule has 23 heavy (non-hydrogen) atoms. The lowest BCUT2D eigenvalue weighted by Gasteiger charge is -2.17. The Morgan fingerprint density at radius 2 is 1.74 bits per heavy atom. The standard InChI is InChI=1S/C14H9NO2S.ClHO4/c16-14-11-5-1-2-6-12(11)17-13(15-14)8-7-10-4-3-9-18-10;2-1(3,4)5/h1-9H;(H,2,3,4,5). The Hall–Kier alpha value is -2.07. The van der Waals surface area contributed by atoms with Crippen molar-refractivity contribution >= 4 is 34.5 Å². The lowest BCUT2D eigenvalue weighted by Crippen LogP contribution is -2.68. The van der Waals surface area contributed by atoms with Crippen LogP contribution in [-0.4, -0.2) is 0 Å². The van der Waals surface area contributed by atoms with Crippen molar-refractivity contribution in [1.82, 2.24) is 0 Å². The molecule has 0 aliphatic rings. The highest BCUT2D eigenvalue weighted by atomic mass is 35.7. The third-order valence-corrected chi connectivity index (χ3v) is 3.37. The molecule has 0 saturated carbocycles. The van der Waals surface area contributed by atoms with Crippen LogP contribution in [0.2, 0.25) is 0 Å². The molecule has 0 radical (unpaired) electrons. The summed E-state index contributed by atoms with van der Waals surface area (Å²) in [4.78, 5) is 15.6. The second-order valence-corrected chi connectivity index (χ2v) is 5.88. The molecule has 3 aromatic rings. The summed E-state index contributed by atoms with van der Waals surface area (Å²) in [6.07, 6.45) is 3.67. The van der Waals surface area contributed by atoms with Crippen molar-refractivity contribution in [2.45, 2.75) is 0 Å². The number of thiophene rings is 1. The average Bonchev–Trinajstić information content (AvgIpc) is 2.97. The maximum absolute atomic E-state index is 11.8. The highest BCUT2D eigenvalue weighted by Crippen LogP contribution is 2.13. The Morgan fingerprint density at radius 3 is 2.39 bits per heavy atom. The van der Waals surface area contributed by atoms with E-state index in [1.807, 2.05) is 35.7 Å². The van der Waals surface area contributed by atoms with Crippen molar-refractivity contribution in [2.24, 2.45) is 0 Å². The van der Waals surface area contributed by atoms with E-state index in [2.05, 4.69) is 4.98 Å². The Balaban J connectivity index is 0.000000338. The summed E-state index contributed by atoms with van der Waals surface area (Å²) in [5, 5.41) is 2.56. The molecule has 0 amide bonds. The first-order valence-corrected chi connectivity index (χ1v) is 8.23. The van der Waals surface area contributed by atoms with E-state index in [0.29, 0.717) is 16.9 Å². The third kappa shape index (κ3) is 5.91. The molecule has 0 fully saturated rings. The quantitative estimate of drug-likeness (QED) is 0.525. The zero-order chi connectivity index (χ0) is 16.9. The van der Waals surface area contributed by atoms with E-state index in [9.17, 15) is 4.79 Å². The minimum absolute atomic E-state index is 0.136. The Labute approximate surface area is 136 Å². The van der Waals surface area contributed by atoms with E-state index < -0.39 is 10.2 Å². The summed E-state index contributed by atoms with van der Waals surface area (Å²) in [6.45, 7) is 0. The fourth-order valence-corrected chi connectivity index (χ4v) is 2.30.